The van der Waals surface area contributed by atoms with Gasteiger partial charge >= 0.3 is 0 Å². The van der Waals surface area contributed by atoms with Crippen molar-refractivity contribution in [3.8, 4) is 0 Å². The highest BCUT2D eigenvalue weighted by atomic mass is 16.6. The summed E-state index contributed by atoms with van der Waals surface area (Å²) in [5.74, 6) is -0.212. The second-order valence-corrected chi connectivity index (χ2v) is 3.08. The van der Waals surface area contributed by atoms with Gasteiger partial charge in [-0.25, -0.2) is 4.63 Å². The Balaban J connectivity index is 2.61. The zero-order chi connectivity index (χ0) is 10.6. The van der Waals surface area contributed by atoms with Gasteiger partial charge in [0.05, 0.1) is 0 Å². The molecule has 0 unspecified atom stereocenters. The summed E-state index contributed by atoms with van der Waals surface area (Å²) in [7, 11) is 1.70. The first-order valence-electron chi connectivity index (χ1n) is 4.50. The van der Waals surface area contributed by atoms with Gasteiger partial charge in [-0.3, -0.25) is 4.79 Å². The van der Waals surface area contributed by atoms with Crippen molar-refractivity contribution in [1.29, 1.82) is 0 Å². The molecule has 14 heavy (non-hydrogen) atoms. The third-order valence-electron chi connectivity index (χ3n) is 1.91. The van der Waals surface area contributed by atoms with E-state index < -0.39 is 0 Å². The lowest BCUT2D eigenvalue weighted by Crippen LogP contribution is -2.28. The molecular formula is C8H14N4O2. The second-order valence-electron chi connectivity index (χ2n) is 3.08. The van der Waals surface area contributed by atoms with E-state index in [1.54, 1.807) is 11.9 Å². The summed E-state index contributed by atoms with van der Waals surface area (Å²) in [4.78, 5) is 13.2. The van der Waals surface area contributed by atoms with Crippen LogP contribution >= 0.6 is 0 Å². The zero-order valence-corrected chi connectivity index (χ0v) is 8.36. The Kier molecular flexibility index (Phi) is 3.44. The number of nitrogens with zero attached hydrogens (tertiary/aromatic N) is 3. The molecule has 0 aromatic carbocycles. The van der Waals surface area contributed by atoms with Crippen LogP contribution in [-0.4, -0.2) is 34.7 Å². The fourth-order valence-corrected chi connectivity index (χ4v) is 1.02. The van der Waals surface area contributed by atoms with Crippen molar-refractivity contribution >= 4 is 11.7 Å². The molecule has 0 saturated carbocycles. The molecule has 1 aromatic heterocycles. The number of unbranched alkanes of at least 4 members (excludes halogenated alkanes) is 1. The van der Waals surface area contributed by atoms with E-state index in [1.807, 2.05) is 0 Å². The van der Waals surface area contributed by atoms with Gasteiger partial charge in [-0.2, -0.15) is 0 Å². The predicted octanol–water partition coefficient (Wildman–Crippen LogP) is 0.524. The number of hydrogen-bond acceptors (Lipinski definition) is 5. The van der Waals surface area contributed by atoms with Gasteiger partial charge in [-0.15, -0.1) is 0 Å². The van der Waals surface area contributed by atoms with Crippen molar-refractivity contribution < 1.29 is 9.42 Å². The van der Waals surface area contributed by atoms with Crippen molar-refractivity contribution in [2.45, 2.75) is 19.8 Å². The Bertz CT molecular complexity index is 310. The number of carbonyl (C=O) groups is 1. The van der Waals surface area contributed by atoms with E-state index in [0.29, 0.717) is 6.54 Å². The number of aromatic nitrogens is 2. The number of carbonyl (C=O) groups excluding carboxylic acids is 1. The minimum absolute atomic E-state index is 0.0401. The Labute approximate surface area is 82.0 Å². The SMILES string of the molecule is CCCCN(C)C(=O)c1nonc1N. The number of anilines is 1. The molecule has 1 heterocycles. The maximum absolute atomic E-state index is 11.6. The largest absolute Gasteiger partial charge is 0.379 e. The number of nitrogens with two attached hydrogens (primary N) is 1. The maximum atomic E-state index is 11.6. The molecule has 0 spiro atoms. The summed E-state index contributed by atoms with van der Waals surface area (Å²) in [5.41, 5.74) is 5.48. The molecule has 0 aliphatic rings. The summed E-state index contributed by atoms with van der Waals surface area (Å²) in [6.45, 7) is 2.74. The van der Waals surface area contributed by atoms with Gasteiger partial charge in [0, 0.05) is 13.6 Å². The standard InChI is InChI=1S/C8H14N4O2/c1-3-4-5-12(2)8(13)6-7(9)11-14-10-6/h3-5H2,1-2H3,(H2,9,11). The van der Waals surface area contributed by atoms with Crippen molar-refractivity contribution in [3.63, 3.8) is 0 Å². The summed E-state index contributed by atoms with van der Waals surface area (Å²) in [6, 6.07) is 0. The summed E-state index contributed by atoms with van der Waals surface area (Å²) in [5, 5.41) is 6.79. The van der Waals surface area contributed by atoms with Crippen LogP contribution in [0, 0.1) is 0 Å². The van der Waals surface area contributed by atoms with E-state index in [4.69, 9.17) is 5.73 Å². The summed E-state index contributed by atoms with van der Waals surface area (Å²) >= 11 is 0. The highest BCUT2D eigenvalue weighted by Gasteiger charge is 2.19. The van der Waals surface area contributed by atoms with E-state index in [2.05, 4.69) is 21.9 Å². The fourth-order valence-electron chi connectivity index (χ4n) is 1.02. The van der Waals surface area contributed by atoms with E-state index in [-0.39, 0.29) is 17.4 Å². The van der Waals surface area contributed by atoms with Crippen LogP contribution in [0.2, 0.25) is 0 Å². The second kappa shape index (κ2) is 4.59. The van der Waals surface area contributed by atoms with Gasteiger partial charge in [0.1, 0.15) is 0 Å². The highest BCUT2D eigenvalue weighted by Crippen LogP contribution is 2.07. The van der Waals surface area contributed by atoms with Gasteiger partial charge in [0.2, 0.25) is 11.5 Å². The summed E-state index contributed by atoms with van der Waals surface area (Å²) < 4.78 is 4.35. The lowest BCUT2D eigenvalue weighted by Gasteiger charge is -2.14. The van der Waals surface area contributed by atoms with Crippen molar-refractivity contribution in [2.75, 3.05) is 19.3 Å². The Morgan fingerprint density at radius 3 is 2.79 bits per heavy atom. The average Bonchev–Trinajstić information content (AvgIpc) is 2.59. The number of nitrogen functional groups attached to an aromatic ring is 1. The van der Waals surface area contributed by atoms with Crippen LogP contribution < -0.4 is 5.73 Å². The lowest BCUT2D eigenvalue weighted by molar-refractivity contribution is 0.0783. The van der Waals surface area contributed by atoms with E-state index in [0.717, 1.165) is 12.8 Å². The maximum Gasteiger partial charge on any atom is 0.279 e. The molecule has 0 saturated heterocycles. The highest BCUT2D eigenvalue weighted by molar-refractivity contribution is 5.95. The molecule has 1 rings (SSSR count). The normalized spacial score (nSPS) is 10.1. The van der Waals surface area contributed by atoms with Crippen LogP contribution in [0.5, 0.6) is 0 Å². The molecule has 0 radical (unpaired) electrons. The van der Waals surface area contributed by atoms with E-state index >= 15 is 0 Å². The number of hydrogen-bond donors (Lipinski definition) is 1. The van der Waals surface area contributed by atoms with Crippen LogP contribution in [0.3, 0.4) is 0 Å². The predicted molar refractivity (Wildman–Crippen MR) is 50.6 cm³/mol. The van der Waals surface area contributed by atoms with Crippen molar-refractivity contribution in [1.82, 2.24) is 15.2 Å². The minimum atomic E-state index is -0.253. The van der Waals surface area contributed by atoms with E-state index in [1.165, 1.54) is 0 Å². The van der Waals surface area contributed by atoms with Crippen LogP contribution in [0.25, 0.3) is 0 Å². The Hall–Kier alpha value is -1.59. The van der Waals surface area contributed by atoms with Crippen LogP contribution in [0.4, 0.5) is 5.82 Å². The molecule has 2 N–H and O–H groups in total. The molecule has 0 atom stereocenters. The topological polar surface area (TPSA) is 85.2 Å². The Morgan fingerprint density at radius 1 is 1.57 bits per heavy atom. The monoisotopic (exact) mass is 198 g/mol. The number of amides is 1. The van der Waals surface area contributed by atoms with Gasteiger partial charge in [-0.1, -0.05) is 13.3 Å². The fraction of sp³-hybridized carbons (Fsp3) is 0.625. The first kappa shape index (κ1) is 10.5. The average molecular weight is 198 g/mol. The number of rotatable bonds is 4. The van der Waals surface area contributed by atoms with E-state index in [9.17, 15) is 4.79 Å². The molecule has 0 fully saturated rings. The summed E-state index contributed by atoms with van der Waals surface area (Å²) in [6.07, 6.45) is 1.98. The molecule has 0 bridgehead atoms. The zero-order valence-electron chi connectivity index (χ0n) is 8.36. The minimum Gasteiger partial charge on any atom is -0.379 e. The molecule has 6 nitrogen and oxygen atoms in total. The smallest absolute Gasteiger partial charge is 0.279 e. The molecule has 1 amide bonds. The molecule has 1 aromatic rings. The molecule has 6 heteroatoms. The van der Waals surface area contributed by atoms with Crippen LogP contribution in [0.15, 0.2) is 4.63 Å². The van der Waals surface area contributed by atoms with Crippen LogP contribution in [0.1, 0.15) is 30.3 Å². The first-order valence-corrected chi connectivity index (χ1v) is 4.50. The van der Waals surface area contributed by atoms with Crippen molar-refractivity contribution in [2.24, 2.45) is 0 Å². The van der Waals surface area contributed by atoms with Crippen molar-refractivity contribution in [3.05, 3.63) is 5.69 Å². The third kappa shape index (κ3) is 2.21. The Morgan fingerprint density at radius 2 is 2.29 bits per heavy atom. The molecule has 0 aliphatic carbocycles. The molecule has 78 valence electrons. The molecule has 0 aliphatic heterocycles. The molecular weight excluding hydrogens is 184 g/mol. The van der Waals surface area contributed by atoms with Gasteiger partial charge in [0.15, 0.2) is 0 Å². The van der Waals surface area contributed by atoms with Gasteiger partial charge in [-0.05, 0) is 16.7 Å². The van der Waals surface area contributed by atoms with Gasteiger partial charge < -0.3 is 10.6 Å². The lowest BCUT2D eigenvalue weighted by atomic mass is 10.3. The quantitative estimate of drug-likeness (QED) is 0.762. The third-order valence-corrected chi connectivity index (χ3v) is 1.91. The van der Waals surface area contributed by atoms with Gasteiger partial charge in [0.25, 0.3) is 5.91 Å². The van der Waals surface area contributed by atoms with Crippen LogP contribution in [-0.2, 0) is 0 Å². The first-order chi connectivity index (χ1) is 6.66.